The summed E-state index contributed by atoms with van der Waals surface area (Å²) in [5.74, 6) is -1.65. The zero-order chi connectivity index (χ0) is 20.4. The molecule has 0 saturated heterocycles. The molecule has 0 aliphatic heterocycles. The van der Waals surface area contributed by atoms with Crippen LogP contribution in [0.15, 0.2) is 88.1 Å². The molecule has 4 nitrogen and oxygen atoms in total. The number of Topliss-reactive ketones (excluding diaryl/α,β-unsaturated/α-hetero) is 1. The highest BCUT2D eigenvalue weighted by atomic mass is 19.1. The molecule has 1 aromatic heterocycles. The number of carbonyl (C=O) groups is 1. The Morgan fingerprint density at radius 1 is 0.931 bits per heavy atom. The average molecular weight is 388 g/mol. The van der Waals surface area contributed by atoms with Gasteiger partial charge in [0.1, 0.15) is 17.1 Å². The lowest BCUT2D eigenvalue weighted by Crippen LogP contribution is -2.17. The number of para-hydroxylation sites is 1. The van der Waals surface area contributed by atoms with Crippen LogP contribution in [0.5, 0.6) is 5.75 Å². The van der Waals surface area contributed by atoms with Gasteiger partial charge in [0.25, 0.3) is 0 Å². The van der Waals surface area contributed by atoms with Gasteiger partial charge in [-0.15, -0.1) is 0 Å². The maximum absolute atomic E-state index is 13.5. The first kappa shape index (κ1) is 18.6. The first-order valence-corrected chi connectivity index (χ1v) is 9.13. The Bertz CT molecular complexity index is 1230. The molecule has 1 heterocycles. The highest BCUT2D eigenvalue weighted by molar-refractivity contribution is 5.97. The van der Waals surface area contributed by atoms with Crippen molar-refractivity contribution in [3.63, 3.8) is 0 Å². The van der Waals surface area contributed by atoms with Crippen molar-refractivity contribution in [1.82, 2.24) is 0 Å². The van der Waals surface area contributed by atoms with Crippen LogP contribution in [0, 0.1) is 5.82 Å². The number of carbonyl (C=O) groups excluding carboxylic acids is 1. The number of fused-ring (bicyclic) bond motifs is 1. The standard InChI is InChI=1S/C24H17FO4/c25-17-12-10-15(11-13-17)19(14-20(26)16-6-2-1-3-7-16)22-23(27)18-8-4-5-9-21(18)29-24(22)28/h1-13,19,27H,14H2/t19-/m1/s1. The molecule has 5 heteroatoms. The summed E-state index contributed by atoms with van der Waals surface area (Å²) in [6.45, 7) is 0. The molecule has 4 aromatic rings. The predicted molar refractivity (Wildman–Crippen MR) is 108 cm³/mol. The van der Waals surface area contributed by atoms with E-state index in [1.165, 1.54) is 24.3 Å². The number of halogens is 1. The largest absolute Gasteiger partial charge is 0.507 e. The first-order valence-electron chi connectivity index (χ1n) is 9.13. The molecule has 0 radical (unpaired) electrons. The third-order valence-electron chi connectivity index (χ3n) is 4.93. The summed E-state index contributed by atoms with van der Waals surface area (Å²) in [6.07, 6.45) is -0.0771. The second-order valence-corrected chi connectivity index (χ2v) is 6.75. The van der Waals surface area contributed by atoms with E-state index >= 15 is 0 Å². The fraction of sp³-hybridized carbons (Fsp3) is 0.0833. The van der Waals surface area contributed by atoms with Gasteiger partial charge in [-0.3, -0.25) is 4.79 Å². The molecule has 0 unspecified atom stereocenters. The van der Waals surface area contributed by atoms with Crippen LogP contribution in [0.1, 0.15) is 33.8 Å². The molecule has 0 aliphatic rings. The van der Waals surface area contributed by atoms with Crippen LogP contribution in [0.2, 0.25) is 0 Å². The molecule has 3 aromatic carbocycles. The van der Waals surface area contributed by atoms with E-state index in [0.717, 1.165) is 0 Å². The van der Waals surface area contributed by atoms with E-state index in [2.05, 4.69) is 0 Å². The minimum Gasteiger partial charge on any atom is -0.507 e. The molecular weight excluding hydrogens is 371 g/mol. The Balaban J connectivity index is 1.87. The quantitative estimate of drug-likeness (QED) is 0.384. The molecule has 0 fully saturated rings. The summed E-state index contributed by atoms with van der Waals surface area (Å²) >= 11 is 0. The van der Waals surface area contributed by atoms with Crippen LogP contribution in [0.25, 0.3) is 11.0 Å². The number of aromatic hydroxyl groups is 1. The molecule has 0 amide bonds. The maximum Gasteiger partial charge on any atom is 0.343 e. The van der Waals surface area contributed by atoms with E-state index < -0.39 is 17.4 Å². The second kappa shape index (κ2) is 7.72. The van der Waals surface area contributed by atoms with Crippen molar-refractivity contribution in [2.75, 3.05) is 0 Å². The van der Waals surface area contributed by atoms with Crippen molar-refractivity contribution in [2.24, 2.45) is 0 Å². The van der Waals surface area contributed by atoms with E-state index in [9.17, 15) is 19.1 Å². The molecule has 144 valence electrons. The van der Waals surface area contributed by atoms with Crippen molar-refractivity contribution < 1.29 is 18.7 Å². The summed E-state index contributed by atoms with van der Waals surface area (Å²) in [5.41, 5.74) is 0.541. The number of benzene rings is 3. The molecule has 0 aliphatic carbocycles. The monoisotopic (exact) mass is 388 g/mol. The van der Waals surface area contributed by atoms with Crippen molar-refractivity contribution in [2.45, 2.75) is 12.3 Å². The third-order valence-corrected chi connectivity index (χ3v) is 4.93. The van der Waals surface area contributed by atoms with Crippen LogP contribution >= 0.6 is 0 Å². The van der Waals surface area contributed by atoms with Gasteiger partial charge in [-0.2, -0.15) is 0 Å². The third kappa shape index (κ3) is 3.67. The predicted octanol–water partition coefficient (Wildman–Crippen LogP) is 5.04. The molecule has 1 N–H and O–H groups in total. The summed E-state index contributed by atoms with van der Waals surface area (Å²) < 4.78 is 18.8. The summed E-state index contributed by atoms with van der Waals surface area (Å²) in [6, 6.07) is 20.8. The fourth-order valence-electron chi connectivity index (χ4n) is 3.46. The fourth-order valence-corrected chi connectivity index (χ4v) is 3.46. The van der Waals surface area contributed by atoms with Crippen LogP contribution in [-0.2, 0) is 0 Å². The Morgan fingerprint density at radius 3 is 2.31 bits per heavy atom. The van der Waals surface area contributed by atoms with Crippen molar-refractivity contribution in [1.29, 1.82) is 0 Å². The summed E-state index contributed by atoms with van der Waals surface area (Å²) in [4.78, 5) is 25.6. The van der Waals surface area contributed by atoms with Crippen LogP contribution in [0.3, 0.4) is 0 Å². The summed E-state index contributed by atoms with van der Waals surface area (Å²) in [5, 5.41) is 11.2. The lowest BCUT2D eigenvalue weighted by molar-refractivity contribution is 0.0977. The van der Waals surface area contributed by atoms with Crippen LogP contribution in [0.4, 0.5) is 4.39 Å². The van der Waals surface area contributed by atoms with Crippen molar-refractivity contribution in [3.8, 4) is 5.75 Å². The molecule has 0 bridgehead atoms. The van der Waals surface area contributed by atoms with Crippen LogP contribution < -0.4 is 5.63 Å². The molecule has 1 atom stereocenters. The normalized spacial score (nSPS) is 12.0. The molecule has 0 saturated carbocycles. The lowest BCUT2D eigenvalue weighted by atomic mass is 9.85. The number of hydrogen-bond acceptors (Lipinski definition) is 4. The second-order valence-electron chi connectivity index (χ2n) is 6.75. The van der Waals surface area contributed by atoms with E-state index in [-0.39, 0.29) is 29.1 Å². The first-order chi connectivity index (χ1) is 14.0. The van der Waals surface area contributed by atoms with E-state index in [1.54, 1.807) is 54.6 Å². The van der Waals surface area contributed by atoms with Gasteiger partial charge in [0, 0.05) is 17.9 Å². The van der Waals surface area contributed by atoms with Crippen molar-refractivity contribution in [3.05, 3.63) is 112 Å². The maximum atomic E-state index is 13.5. The topological polar surface area (TPSA) is 67.5 Å². The Kier molecular flexibility index (Phi) is 4.96. The van der Waals surface area contributed by atoms with Gasteiger partial charge in [0.05, 0.1) is 10.9 Å². The minimum absolute atomic E-state index is 0.0143. The van der Waals surface area contributed by atoms with Gasteiger partial charge in [-0.25, -0.2) is 9.18 Å². The van der Waals surface area contributed by atoms with Gasteiger partial charge in [-0.1, -0.05) is 54.6 Å². The molecular formula is C24H17FO4. The average Bonchev–Trinajstić information content (AvgIpc) is 2.74. The summed E-state index contributed by atoms with van der Waals surface area (Å²) in [7, 11) is 0. The lowest BCUT2D eigenvalue weighted by Gasteiger charge is -2.18. The highest BCUT2D eigenvalue weighted by Crippen LogP contribution is 2.36. The minimum atomic E-state index is -0.788. The zero-order valence-corrected chi connectivity index (χ0v) is 15.3. The van der Waals surface area contributed by atoms with Gasteiger partial charge >= 0.3 is 5.63 Å². The van der Waals surface area contributed by atoms with E-state index in [0.29, 0.717) is 16.5 Å². The smallest absolute Gasteiger partial charge is 0.343 e. The number of ketones is 1. The number of rotatable bonds is 5. The molecule has 29 heavy (non-hydrogen) atoms. The van der Waals surface area contributed by atoms with Crippen molar-refractivity contribution >= 4 is 16.8 Å². The zero-order valence-electron chi connectivity index (χ0n) is 15.3. The van der Waals surface area contributed by atoms with Gasteiger partial charge in [-0.05, 0) is 29.8 Å². The van der Waals surface area contributed by atoms with E-state index in [1.807, 2.05) is 0 Å². The Labute approximate surface area is 165 Å². The SMILES string of the molecule is O=C(C[C@H](c1ccc(F)cc1)c1c(O)c2ccccc2oc1=O)c1ccccc1. The molecule has 4 rings (SSSR count). The highest BCUT2D eigenvalue weighted by Gasteiger charge is 2.27. The number of hydrogen-bond donors (Lipinski definition) is 1. The Hall–Kier alpha value is -3.73. The van der Waals surface area contributed by atoms with Crippen LogP contribution in [-0.4, -0.2) is 10.9 Å². The Morgan fingerprint density at radius 2 is 1.59 bits per heavy atom. The molecule has 0 spiro atoms. The van der Waals surface area contributed by atoms with Gasteiger partial charge in [0.2, 0.25) is 0 Å². The van der Waals surface area contributed by atoms with E-state index in [4.69, 9.17) is 4.42 Å². The van der Waals surface area contributed by atoms with Gasteiger partial charge < -0.3 is 9.52 Å². The van der Waals surface area contributed by atoms with Gasteiger partial charge in [0.15, 0.2) is 5.78 Å².